The summed E-state index contributed by atoms with van der Waals surface area (Å²) in [7, 11) is 0. The Bertz CT molecular complexity index is 633. The van der Waals surface area contributed by atoms with Crippen molar-refractivity contribution in [2.75, 3.05) is 39.5 Å². The van der Waals surface area contributed by atoms with Gasteiger partial charge in [-0.1, -0.05) is 26.5 Å². The van der Waals surface area contributed by atoms with E-state index in [0.29, 0.717) is 13.1 Å². The van der Waals surface area contributed by atoms with Crippen molar-refractivity contribution in [2.24, 2.45) is 5.92 Å². The zero-order valence-electron chi connectivity index (χ0n) is 18.6. The fourth-order valence-electron chi connectivity index (χ4n) is 2.05. The van der Waals surface area contributed by atoms with Gasteiger partial charge in [-0.3, -0.25) is 0 Å². The van der Waals surface area contributed by atoms with E-state index in [9.17, 15) is 19.2 Å². The van der Waals surface area contributed by atoms with E-state index in [2.05, 4.69) is 23.8 Å². The molecule has 0 aliphatic carbocycles. The third-order valence-corrected chi connectivity index (χ3v) is 3.78. The van der Waals surface area contributed by atoms with Crippen LogP contribution in [0.5, 0.6) is 0 Å². The first-order chi connectivity index (χ1) is 14.6. The molecule has 0 aliphatic heterocycles. The number of esters is 2. The number of ether oxygens (including phenoxy) is 4. The number of alkyl carbamates (subject to hydrolysis) is 2. The zero-order chi connectivity index (χ0) is 23.6. The number of rotatable bonds is 15. The van der Waals surface area contributed by atoms with E-state index < -0.39 is 24.1 Å². The molecule has 0 aliphatic rings. The predicted molar refractivity (Wildman–Crippen MR) is 113 cm³/mol. The Kier molecular flexibility index (Phi) is 15.1. The zero-order valence-corrected chi connectivity index (χ0v) is 18.6. The Balaban J connectivity index is 3.61. The van der Waals surface area contributed by atoms with Crippen molar-refractivity contribution in [3.05, 3.63) is 24.3 Å². The van der Waals surface area contributed by atoms with Crippen molar-refractivity contribution in [1.82, 2.24) is 10.6 Å². The van der Waals surface area contributed by atoms with Crippen molar-refractivity contribution in [3.8, 4) is 0 Å². The lowest BCUT2D eigenvalue weighted by molar-refractivity contribution is -0.140. The summed E-state index contributed by atoms with van der Waals surface area (Å²) in [5, 5.41) is 5.26. The average molecular weight is 443 g/mol. The van der Waals surface area contributed by atoms with E-state index in [4.69, 9.17) is 18.9 Å². The smallest absolute Gasteiger partial charge is 0.407 e. The maximum absolute atomic E-state index is 11.6. The number of hydrogen-bond donors (Lipinski definition) is 2. The van der Waals surface area contributed by atoms with Crippen LogP contribution < -0.4 is 10.6 Å². The molecule has 2 N–H and O–H groups in total. The molecule has 0 saturated carbocycles. The molecule has 0 saturated heterocycles. The van der Waals surface area contributed by atoms with Gasteiger partial charge in [0.15, 0.2) is 0 Å². The number of carbonyl (C=O) groups is 4. The van der Waals surface area contributed by atoms with E-state index in [1.165, 1.54) is 13.8 Å². The van der Waals surface area contributed by atoms with Crippen LogP contribution >= 0.6 is 0 Å². The third kappa shape index (κ3) is 16.4. The van der Waals surface area contributed by atoms with E-state index in [1.54, 1.807) is 0 Å². The largest absolute Gasteiger partial charge is 0.459 e. The van der Waals surface area contributed by atoms with Gasteiger partial charge in [-0.25, -0.2) is 19.2 Å². The normalized spacial score (nSPS) is 10.9. The summed E-state index contributed by atoms with van der Waals surface area (Å²) in [5.41, 5.74) is 0.569. The second-order valence-corrected chi connectivity index (χ2v) is 7.01. The Labute approximate surface area is 183 Å². The molecule has 10 nitrogen and oxygen atoms in total. The van der Waals surface area contributed by atoms with Gasteiger partial charge in [0.05, 0.1) is 0 Å². The van der Waals surface area contributed by atoms with Gasteiger partial charge < -0.3 is 29.6 Å². The molecule has 2 amide bonds. The van der Waals surface area contributed by atoms with Crippen LogP contribution in [0.25, 0.3) is 0 Å². The van der Waals surface area contributed by atoms with Crippen molar-refractivity contribution in [2.45, 2.75) is 40.0 Å². The molecule has 31 heavy (non-hydrogen) atoms. The number of carbonyl (C=O) groups excluding carboxylic acids is 4. The predicted octanol–water partition coefficient (Wildman–Crippen LogP) is 2.48. The van der Waals surface area contributed by atoms with Crippen molar-refractivity contribution < 1.29 is 38.1 Å². The van der Waals surface area contributed by atoms with Crippen LogP contribution in [0.1, 0.15) is 40.0 Å². The van der Waals surface area contributed by atoms with Gasteiger partial charge in [-0.2, -0.15) is 0 Å². The van der Waals surface area contributed by atoms with Gasteiger partial charge in [0.1, 0.15) is 26.4 Å². The molecule has 1 atom stereocenters. The highest BCUT2D eigenvalue weighted by Crippen LogP contribution is 2.06. The van der Waals surface area contributed by atoms with E-state index >= 15 is 0 Å². The topological polar surface area (TPSA) is 129 Å². The Hall–Kier alpha value is -3.04. The molecule has 1 unspecified atom stereocenters. The molecule has 0 bridgehead atoms. The summed E-state index contributed by atoms with van der Waals surface area (Å²) in [5.74, 6) is -0.821. The van der Waals surface area contributed by atoms with Crippen LogP contribution in [0.4, 0.5) is 9.59 Å². The molecule has 0 radical (unpaired) electrons. The molecule has 0 fully saturated rings. The lowest BCUT2D eigenvalue weighted by Gasteiger charge is -2.13. The van der Waals surface area contributed by atoms with Gasteiger partial charge in [0.2, 0.25) is 0 Å². The van der Waals surface area contributed by atoms with E-state index in [1.807, 2.05) is 6.92 Å². The summed E-state index contributed by atoms with van der Waals surface area (Å²) in [6.45, 7) is 12.7. The standard InChI is InChI=1S/C21H34N2O8/c1-15(2)18(24)28-10-12-30-20(26)22-9-7-6-8-17(5)14-23-21(27)31-13-11-29-19(25)16(3)4/h17H,1,3,6-14H2,2,4-5H3,(H,22,26)(H,23,27). The first kappa shape index (κ1) is 28.0. The highest BCUT2D eigenvalue weighted by atomic mass is 16.6. The van der Waals surface area contributed by atoms with Gasteiger partial charge in [0.25, 0.3) is 0 Å². The maximum atomic E-state index is 11.6. The lowest BCUT2D eigenvalue weighted by Crippen LogP contribution is -2.30. The minimum absolute atomic E-state index is 0.0221. The summed E-state index contributed by atoms with van der Waals surface area (Å²) in [4.78, 5) is 45.4. The Morgan fingerprint density at radius 2 is 1.19 bits per heavy atom. The van der Waals surface area contributed by atoms with Crippen molar-refractivity contribution >= 4 is 24.1 Å². The van der Waals surface area contributed by atoms with E-state index in [-0.39, 0.29) is 43.5 Å². The van der Waals surface area contributed by atoms with Gasteiger partial charge in [-0.05, 0) is 32.6 Å². The highest BCUT2D eigenvalue weighted by molar-refractivity contribution is 5.87. The molecule has 0 spiro atoms. The second-order valence-electron chi connectivity index (χ2n) is 7.01. The summed E-state index contributed by atoms with van der Waals surface area (Å²) >= 11 is 0. The quantitative estimate of drug-likeness (QED) is 0.171. The van der Waals surface area contributed by atoms with Crippen LogP contribution in [0, 0.1) is 5.92 Å². The van der Waals surface area contributed by atoms with Crippen LogP contribution in [0.15, 0.2) is 24.3 Å². The summed E-state index contributed by atoms with van der Waals surface area (Å²) < 4.78 is 19.4. The van der Waals surface area contributed by atoms with Crippen LogP contribution in [0.2, 0.25) is 0 Å². The Morgan fingerprint density at radius 1 is 0.742 bits per heavy atom. The number of nitrogens with one attached hydrogen (secondary N) is 2. The minimum atomic E-state index is -0.573. The molecule has 0 aromatic carbocycles. The summed E-state index contributed by atoms with van der Waals surface area (Å²) in [6.07, 6.45) is 1.31. The highest BCUT2D eigenvalue weighted by Gasteiger charge is 2.08. The molecule has 0 heterocycles. The van der Waals surface area contributed by atoms with Gasteiger partial charge >= 0.3 is 24.1 Å². The molecular formula is C21H34N2O8. The minimum Gasteiger partial charge on any atom is -0.459 e. The first-order valence-electron chi connectivity index (χ1n) is 10.1. The van der Waals surface area contributed by atoms with Crippen molar-refractivity contribution in [3.63, 3.8) is 0 Å². The Morgan fingerprint density at radius 3 is 1.68 bits per heavy atom. The second kappa shape index (κ2) is 16.7. The SMILES string of the molecule is C=C(C)C(=O)OCCOC(=O)NCCCCC(C)CNC(=O)OCCOC(=O)C(=C)C. The molecule has 0 aromatic heterocycles. The monoisotopic (exact) mass is 442 g/mol. The van der Waals surface area contributed by atoms with Crippen LogP contribution in [0.3, 0.4) is 0 Å². The van der Waals surface area contributed by atoms with Crippen molar-refractivity contribution in [1.29, 1.82) is 0 Å². The van der Waals surface area contributed by atoms with Gasteiger partial charge in [-0.15, -0.1) is 0 Å². The van der Waals surface area contributed by atoms with Crippen LogP contribution in [-0.4, -0.2) is 63.6 Å². The molecular weight excluding hydrogens is 408 g/mol. The molecule has 0 rings (SSSR count). The molecule has 10 heteroatoms. The molecule has 0 aromatic rings. The maximum Gasteiger partial charge on any atom is 0.407 e. The number of hydrogen-bond acceptors (Lipinski definition) is 8. The number of amides is 2. The fraction of sp³-hybridized carbons (Fsp3) is 0.619. The summed E-state index contributed by atoms with van der Waals surface area (Å²) in [6, 6.07) is 0. The third-order valence-electron chi connectivity index (χ3n) is 3.78. The average Bonchev–Trinajstić information content (AvgIpc) is 2.71. The fourth-order valence-corrected chi connectivity index (χ4v) is 2.05. The first-order valence-corrected chi connectivity index (χ1v) is 10.1. The van der Waals surface area contributed by atoms with Crippen LogP contribution in [-0.2, 0) is 28.5 Å². The van der Waals surface area contributed by atoms with E-state index in [0.717, 1.165) is 19.3 Å². The lowest BCUT2D eigenvalue weighted by atomic mass is 10.0. The van der Waals surface area contributed by atoms with Gasteiger partial charge in [0, 0.05) is 24.2 Å². The molecule has 176 valence electrons. The number of unbranched alkanes of at least 4 members (excludes halogenated alkanes) is 1.